The van der Waals surface area contributed by atoms with Crippen molar-refractivity contribution in [1.29, 1.82) is 0 Å². The van der Waals surface area contributed by atoms with Crippen LogP contribution < -0.4 is 10.2 Å². The number of halogens is 4. The van der Waals surface area contributed by atoms with Crippen LogP contribution >= 0.6 is 0 Å². The van der Waals surface area contributed by atoms with Crippen molar-refractivity contribution in [2.75, 3.05) is 37.4 Å². The Balaban J connectivity index is 1.49. The Morgan fingerprint density at radius 1 is 1.31 bits per heavy atom. The number of fused-ring (bicyclic) bond motifs is 1. The van der Waals surface area contributed by atoms with Gasteiger partial charge in [-0.2, -0.15) is 23.3 Å². The Morgan fingerprint density at radius 3 is 2.86 bits per heavy atom. The van der Waals surface area contributed by atoms with Gasteiger partial charge in [0.05, 0.1) is 35.7 Å². The maximum Gasteiger partial charge on any atom is 0.406 e. The van der Waals surface area contributed by atoms with Gasteiger partial charge in [0.15, 0.2) is 0 Å². The topological polar surface area (TPSA) is 91.0 Å². The van der Waals surface area contributed by atoms with E-state index in [0.717, 1.165) is 16.8 Å². The molecule has 0 saturated carbocycles. The minimum absolute atomic E-state index is 0.0413. The van der Waals surface area contributed by atoms with Gasteiger partial charge in [-0.3, -0.25) is 5.10 Å². The fourth-order valence-corrected chi connectivity index (χ4v) is 4.53. The number of alkyl halides is 4. The minimum atomic E-state index is -4.48. The van der Waals surface area contributed by atoms with Crippen LogP contribution in [0.5, 0.6) is 0 Å². The first kappa shape index (κ1) is 24.1. The van der Waals surface area contributed by atoms with Crippen LogP contribution in [0.2, 0.25) is 0 Å². The van der Waals surface area contributed by atoms with Gasteiger partial charge < -0.3 is 24.2 Å². The molecule has 5 rings (SSSR count). The lowest BCUT2D eigenvalue weighted by Gasteiger charge is -2.33. The largest absolute Gasteiger partial charge is 0.406 e. The van der Waals surface area contributed by atoms with Crippen molar-refractivity contribution in [2.45, 2.75) is 37.9 Å². The summed E-state index contributed by atoms with van der Waals surface area (Å²) in [6, 6.07) is 6.17. The van der Waals surface area contributed by atoms with E-state index >= 15 is 0 Å². The second-order valence-electron chi connectivity index (χ2n) is 9.11. The Labute approximate surface area is 204 Å². The summed E-state index contributed by atoms with van der Waals surface area (Å²) in [5.41, 5.74) is 1.86. The molecule has 1 fully saturated rings. The normalized spacial score (nSPS) is 19.2. The van der Waals surface area contributed by atoms with E-state index < -0.39 is 24.9 Å². The van der Waals surface area contributed by atoms with E-state index in [9.17, 15) is 17.6 Å². The molecule has 0 radical (unpaired) electrons. The summed E-state index contributed by atoms with van der Waals surface area (Å²) in [6.45, 7) is 0.0427. The third-order valence-corrected chi connectivity index (χ3v) is 6.36. The number of hydrogen-bond acceptors (Lipinski definition) is 7. The highest BCUT2D eigenvalue weighted by atomic mass is 19.4. The zero-order valence-corrected chi connectivity index (χ0v) is 19.8. The molecule has 1 aliphatic heterocycles. The predicted molar refractivity (Wildman–Crippen MR) is 126 cm³/mol. The summed E-state index contributed by atoms with van der Waals surface area (Å²) in [4.78, 5) is 8.08. The fraction of sp³-hybridized carbons (Fsp3) is 0.435. The number of H-pyrrole nitrogens is 1. The van der Waals surface area contributed by atoms with Crippen molar-refractivity contribution in [3.8, 4) is 11.5 Å². The second-order valence-corrected chi connectivity index (χ2v) is 9.11. The molecule has 3 aromatic heterocycles. The van der Waals surface area contributed by atoms with E-state index in [1.807, 2.05) is 16.8 Å². The van der Waals surface area contributed by atoms with E-state index in [0.29, 0.717) is 29.6 Å². The first-order chi connectivity index (χ1) is 17.2. The van der Waals surface area contributed by atoms with Gasteiger partial charge in [-0.25, -0.2) is 4.39 Å². The fourth-order valence-electron chi connectivity index (χ4n) is 4.53. The molecule has 2 atom stereocenters. The molecule has 13 heteroatoms. The molecule has 1 aliphatic rings. The average Bonchev–Trinajstić information content (AvgIpc) is 3.56. The number of likely N-dealkylation sites (tertiary alicyclic amines) is 1. The number of hydrogen-bond donors (Lipinski definition) is 2. The zero-order chi connectivity index (χ0) is 25.4. The number of anilines is 2. The van der Waals surface area contributed by atoms with Gasteiger partial charge in [-0.15, -0.1) is 0 Å². The summed E-state index contributed by atoms with van der Waals surface area (Å²) in [5.74, 6) is 0.280. The lowest BCUT2D eigenvalue weighted by molar-refractivity contribution is -0.139. The smallest absolute Gasteiger partial charge is 0.379 e. The average molecular weight is 507 g/mol. The number of nitrogens with one attached hydrogen (secondary N) is 2. The van der Waals surface area contributed by atoms with E-state index in [1.54, 1.807) is 43.7 Å². The molecule has 1 saturated heterocycles. The summed E-state index contributed by atoms with van der Waals surface area (Å²) >= 11 is 0. The molecule has 0 spiro atoms. The molecule has 1 aromatic carbocycles. The van der Waals surface area contributed by atoms with Crippen molar-refractivity contribution in [3.05, 3.63) is 42.5 Å². The summed E-state index contributed by atoms with van der Waals surface area (Å²) in [7, 11) is 3.66. The standard InChI is InChI=1S/C23H26F4N8O/c1-33-7-6-18(16(24)11-33)30-17-4-3-5-19-15(17)8-20(35(19)13-23(25,26)27)22-31-21(36-32-22)12-34(2)14-9-28-29-10-14/h3-5,8-10,16,18,30H,6-7,11-13H2,1-2H3,(H,28,29)/t16-,18+/m0/s1. The monoisotopic (exact) mass is 506 g/mol. The summed E-state index contributed by atoms with van der Waals surface area (Å²) < 4.78 is 61.8. The number of rotatable bonds is 7. The van der Waals surface area contributed by atoms with Crippen LogP contribution in [0.4, 0.5) is 28.9 Å². The SMILES string of the molecule is CN1CC[C@@H](Nc2cccc3c2cc(-c2noc(CN(C)c4cn[nH]c4)n2)n3CC(F)(F)F)[C@@H](F)C1. The maximum absolute atomic E-state index is 14.7. The van der Waals surface area contributed by atoms with Crippen molar-refractivity contribution < 1.29 is 22.1 Å². The van der Waals surface area contributed by atoms with Crippen molar-refractivity contribution in [2.24, 2.45) is 0 Å². The molecule has 0 bridgehead atoms. The van der Waals surface area contributed by atoms with Crippen molar-refractivity contribution in [1.82, 2.24) is 29.8 Å². The number of nitrogens with zero attached hydrogens (tertiary/aromatic N) is 6. The number of aromatic amines is 1. The molecular formula is C23H26F4N8O. The summed E-state index contributed by atoms with van der Waals surface area (Å²) in [5, 5.41) is 14.3. The van der Waals surface area contributed by atoms with E-state index in [2.05, 4.69) is 25.7 Å². The molecule has 0 amide bonds. The minimum Gasteiger partial charge on any atom is -0.379 e. The Kier molecular flexibility index (Phi) is 6.33. The van der Waals surface area contributed by atoms with E-state index in [4.69, 9.17) is 4.52 Å². The van der Waals surface area contributed by atoms with Gasteiger partial charge in [-0.05, 0) is 31.7 Å². The number of aromatic nitrogens is 5. The molecule has 36 heavy (non-hydrogen) atoms. The second kappa shape index (κ2) is 9.45. The highest BCUT2D eigenvalue weighted by Gasteiger charge is 2.32. The third-order valence-electron chi connectivity index (χ3n) is 6.36. The third kappa shape index (κ3) is 5.01. The van der Waals surface area contributed by atoms with Crippen LogP contribution in [-0.2, 0) is 13.1 Å². The number of piperidine rings is 1. The predicted octanol–water partition coefficient (Wildman–Crippen LogP) is 4.07. The molecule has 4 heterocycles. The van der Waals surface area contributed by atoms with Gasteiger partial charge in [0, 0.05) is 37.4 Å². The Morgan fingerprint density at radius 2 is 2.14 bits per heavy atom. The zero-order valence-electron chi connectivity index (χ0n) is 19.8. The highest BCUT2D eigenvalue weighted by molar-refractivity contribution is 5.96. The van der Waals surface area contributed by atoms with E-state index in [-0.39, 0.29) is 24.0 Å². The molecule has 4 aromatic rings. The molecule has 0 aliphatic carbocycles. The lowest BCUT2D eigenvalue weighted by atomic mass is 10.0. The first-order valence-corrected chi connectivity index (χ1v) is 11.5. The van der Waals surface area contributed by atoms with Gasteiger partial charge in [0.2, 0.25) is 11.7 Å². The Hall–Kier alpha value is -3.61. The van der Waals surface area contributed by atoms with Crippen LogP contribution in [-0.4, -0.2) is 75.4 Å². The quantitative estimate of drug-likeness (QED) is 0.365. The van der Waals surface area contributed by atoms with Crippen molar-refractivity contribution >= 4 is 22.3 Å². The molecule has 2 N–H and O–H groups in total. The van der Waals surface area contributed by atoms with Crippen LogP contribution in [0.15, 0.2) is 41.2 Å². The maximum atomic E-state index is 14.7. The van der Waals surface area contributed by atoms with Crippen molar-refractivity contribution in [3.63, 3.8) is 0 Å². The highest BCUT2D eigenvalue weighted by Crippen LogP contribution is 2.35. The van der Waals surface area contributed by atoms with Gasteiger partial charge >= 0.3 is 6.18 Å². The van der Waals surface area contributed by atoms with Crippen LogP contribution in [0.3, 0.4) is 0 Å². The van der Waals surface area contributed by atoms with E-state index in [1.165, 1.54) is 0 Å². The van der Waals surface area contributed by atoms with Crippen LogP contribution in [0.25, 0.3) is 22.4 Å². The molecule has 192 valence electrons. The number of benzene rings is 1. The van der Waals surface area contributed by atoms with Gasteiger partial charge in [0.1, 0.15) is 12.7 Å². The Bertz CT molecular complexity index is 1320. The molecular weight excluding hydrogens is 480 g/mol. The first-order valence-electron chi connectivity index (χ1n) is 11.5. The summed E-state index contributed by atoms with van der Waals surface area (Å²) in [6.07, 6.45) is -1.67. The molecule has 0 unspecified atom stereocenters. The van der Waals surface area contributed by atoms with Crippen LogP contribution in [0.1, 0.15) is 12.3 Å². The lowest BCUT2D eigenvalue weighted by Crippen LogP contribution is -2.46. The van der Waals surface area contributed by atoms with Crippen LogP contribution in [0, 0.1) is 0 Å². The van der Waals surface area contributed by atoms with Gasteiger partial charge in [0.25, 0.3) is 0 Å². The van der Waals surface area contributed by atoms with Gasteiger partial charge in [-0.1, -0.05) is 11.2 Å². The molecule has 9 nitrogen and oxygen atoms in total.